The number of hydrogen-bond acceptors (Lipinski definition) is 10. The van der Waals surface area contributed by atoms with Gasteiger partial charge in [0.1, 0.15) is 6.54 Å². The summed E-state index contributed by atoms with van der Waals surface area (Å²) in [5, 5.41) is 10.6. The summed E-state index contributed by atoms with van der Waals surface area (Å²) in [6, 6.07) is 0. The van der Waals surface area contributed by atoms with Crippen molar-refractivity contribution in [3.05, 3.63) is 11.6 Å². The average Bonchev–Trinajstić information content (AvgIpc) is 2.76. The number of esters is 1. The van der Waals surface area contributed by atoms with Gasteiger partial charge in [0.05, 0.1) is 6.61 Å². The molecule has 0 bridgehead atoms. The second-order valence-corrected chi connectivity index (χ2v) is 3.35. The maximum atomic E-state index is 11.6. The molecular formula is C8H11N9O2. The minimum atomic E-state index is -0.637. The van der Waals surface area contributed by atoms with Crippen LogP contribution in [0.15, 0.2) is 0 Å². The van der Waals surface area contributed by atoms with Gasteiger partial charge < -0.3 is 16.2 Å². The van der Waals surface area contributed by atoms with Gasteiger partial charge in [-0.25, -0.2) is 9.48 Å². The largest absolute Gasteiger partial charge is 0.460 e. The van der Waals surface area contributed by atoms with E-state index < -0.39 is 5.97 Å². The van der Waals surface area contributed by atoms with Crippen LogP contribution in [-0.4, -0.2) is 47.7 Å². The van der Waals surface area contributed by atoms with Crippen molar-refractivity contribution >= 4 is 17.9 Å². The molecule has 4 N–H and O–H groups in total. The van der Waals surface area contributed by atoms with E-state index in [1.54, 1.807) is 6.92 Å². The number of rotatable bonds is 4. The zero-order valence-electron chi connectivity index (χ0n) is 10.0. The summed E-state index contributed by atoms with van der Waals surface area (Å²) in [7, 11) is 0. The smallest absolute Gasteiger partial charge is 0.378 e. The first-order valence-corrected chi connectivity index (χ1v) is 5.29. The quantitative estimate of drug-likeness (QED) is 0.606. The number of nitrogen functional groups attached to an aromatic ring is 2. The molecule has 0 radical (unpaired) electrons. The van der Waals surface area contributed by atoms with Crippen LogP contribution in [0, 0.1) is 0 Å². The second-order valence-electron chi connectivity index (χ2n) is 3.35. The molecular weight excluding hydrogens is 254 g/mol. The SMILES string of the molecule is CCOC(=O)c1nnnn1Cc1nc(N)nc(N)n1. The molecule has 0 aliphatic carbocycles. The second kappa shape index (κ2) is 5.20. The molecule has 2 aromatic heterocycles. The average molecular weight is 265 g/mol. The molecule has 11 heteroatoms. The van der Waals surface area contributed by atoms with Crippen LogP contribution in [0.2, 0.25) is 0 Å². The first-order valence-electron chi connectivity index (χ1n) is 5.29. The van der Waals surface area contributed by atoms with Crippen molar-refractivity contribution in [1.29, 1.82) is 0 Å². The standard InChI is InChI=1S/C8H11N9O2/c1-2-19-6(18)5-14-15-16-17(5)3-4-11-7(9)13-8(10)12-4/h2-3H2,1H3,(H4,9,10,11,12,13). The van der Waals surface area contributed by atoms with Gasteiger partial charge in [-0.3, -0.25) is 0 Å². The molecule has 0 unspecified atom stereocenters. The minimum absolute atomic E-state index is 0.0201. The summed E-state index contributed by atoms with van der Waals surface area (Å²) in [6.45, 7) is 1.93. The van der Waals surface area contributed by atoms with Crippen molar-refractivity contribution < 1.29 is 9.53 Å². The Bertz CT molecular complexity index is 575. The molecule has 0 aromatic carbocycles. The van der Waals surface area contributed by atoms with Gasteiger partial charge in [0, 0.05) is 0 Å². The summed E-state index contributed by atoms with van der Waals surface area (Å²) >= 11 is 0. The molecule has 100 valence electrons. The van der Waals surface area contributed by atoms with Gasteiger partial charge in [0.25, 0.3) is 5.82 Å². The fourth-order valence-electron chi connectivity index (χ4n) is 1.31. The highest BCUT2D eigenvalue weighted by atomic mass is 16.5. The lowest BCUT2D eigenvalue weighted by Gasteiger charge is -2.04. The maximum Gasteiger partial charge on any atom is 0.378 e. The Hall–Kier alpha value is -2.85. The van der Waals surface area contributed by atoms with Crippen LogP contribution in [-0.2, 0) is 11.3 Å². The van der Waals surface area contributed by atoms with Gasteiger partial charge in [-0.15, -0.1) is 5.10 Å². The van der Waals surface area contributed by atoms with E-state index in [0.29, 0.717) is 0 Å². The Morgan fingerprint density at radius 3 is 2.58 bits per heavy atom. The van der Waals surface area contributed by atoms with E-state index >= 15 is 0 Å². The molecule has 0 saturated carbocycles. The summed E-state index contributed by atoms with van der Waals surface area (Å²) in [6.07, 6.45) is 0. The fraction of sp³-hybridized carbons (Fsp3) is 0.375. The van der Waals surface area contributed by atoms with Crippen molar-refractivity contribution in [1.82, 2.24) is 35.2 Å². The molecule has 2 aromatic rings. The third-order valence-corrected chi connectivity index (χ3v) is 2.00. The van der Waals surface area contributed by atoms with Gasteiger partial charge in [0.15, 0.2) is 5.82 Å². The Kier molecular flexibility index (Phi) is 3.45. The van der Waals surface area contributed by atoms with Crippen LogP contribution in [0.1, 0.15) is 23.4 Å². The number of nitrogens with zero attached hydrogens (tertiary/aromatic N) is 7. The molecule has 0 spiro atoms. The molecule has 0 aliphatic rings. The van der Waals surface area contributed by atoms with Crippen molar-refractivity contribution in [2.24, 2.45) is 0 Å². The molecule has 2 heterocycles. The van der Waals surface area contributed by atoms with Crippen LogP contribution >= 0.6 is 0 Å². The summed E-state index contributed by atoms with van der Waals surface area (Å²) < 4.78 is 5.99. The van der Waals surface area contributed by atoms with E-state index in [1.807, 2.05) is 0 Å². The van der Waals surface area contributed by atoms with Crippen LogP contribution in [0.5, 0.6) is 0 Å². The number of ether oxygens (including phenoxy) is 1. The van der Waals surface area contributed by atoms with E-state index in [9.17, 15) is 4.79 Å². The lowest BCUT2D eigenvalue weighted by Crippen LogP contribution is -2.17. The normalized spacial score (nSPS) is 10.4. The van der Waals surface area contributed by atoms with E-state index in [-0.39, 0.29) is 36.7 Å². The lowest BCUT2D eigenvalue weighted by atomic mass is 10.5. The summed E-state index contributed by atoms with van der Waals surface area (Å²) in [5.74, 6) is -0.494. The molecule has 0 amide bonds. The first kappa shape index (κ1) is 12.6. The van der Waals surface area contributed by atoms with E-state index in [1.165, 1.54) is 4.68 Å². The molecule has 2 rings (SSSR count). The number of tetrazole rings is 1. The zero-order valence-corrected chi connectivity index (χ0v) is 10.0. The van der Waals surface area contributed by atoms with Crippen LogP contribution in [0.3, 0.4) is 0 Å². The number of nitrogens with two attached hydrogens (primary N) is 2. The van der Waals surface area contributed by atoms with Crippen molar-refractivity contribution in [2.45, 2.75) is 13.5 Å². The fourth-order valence-corrected chi connectivity index (χ4v) is 1.31. The highest BCUT2D eigenvalue weighted by Crippen LogP contribution is 2.03. The van der Waals surface area contributed by atoms with Crippen LogP contribution < -0.4 is 11.5 Å². The molecule has 0 atom stereocenters. The van der Waals surface area contributed by atoms with Gasteiger partial charge in [-0.05, 0) is 17.4 Å². The Morgan fingerprint density at radius 2 is 1.95 bits per heavy atom. The van der Waals surface area contributed by atoms with Crippen LogP contribution in [0.25, 0.3) is 0 Å². The Morgan fingerprint density at radius 1 is 1.26 bits per heavy atom. The number of aromatic nitrogens is 7. The predicted molar refractivity (Wildman–Crippen MR) is 61.5 cm³/mol. The predicted octanol–water partition coefficient (Wildman–Crippen LogP) is -1.75. The first-order chi connectivity index (χ1) is 9.10. The number of anilines is 2. The molecule has 19 heavy (non-hydrogen) atoms. The topological polar surface area (TPSA) is 161 Å². The Balaban J connectivity index is 2.24. The van der Waals surface area contributed by atoms with Gasteiger partial charge in [0.2, 0.25) is 11.9 Å². The van der Waals surface area contributed by atoms with Gasteiger partial charge >= 0.3 is 5.97 Å². The summed E-state index contributed by atoms with van der Waals surface area (Å²) in [4.78, 5) is 22.9. The molecule has 0 fully saturated rings. The lowest BCUT2D eigenvalue weighted by molar-refractivity contribution is 0.0505. The van der Waals surface area contributed by atoms with E-state index in [2.05, 4.69) is 30.5 Å². The third kappa shape index (κ3) is 2.88. The number of carbonyl (C=O) groups excluding carboxylic acids is 1. The van der Waals surface area contributed by atoms with Crippen molar-refractivity contribution in [3.8, 4) is 0 Å². The minimum Gasteiger partial charge on any atom is -0.460 e. The van der Waals surface area contributed by atoms with Gasteiger partial charge in [-0.1, -0.05) is 0 Å². The van der Waals surface area contributed by atoms with Crippen molar-refractivity contribution in [2.75, 3.05) is 18.1 Å². The molecule has 0 aliphatic heterocycles. The number of hydrogen-bond donors (Lipinski definition) is 2. The zero-order chi connectivity index (χ0) is 13.8. The van der Waals surface area contributed by atoms with Crippen LogP contribution in [0.4, 0.5) is 11.9 Å². The van der Waals surface area contributed by atoms with Crippen molar-refractivity contribution in [3.63, 3.8) is 0 Å². The highest BCUT2D eigenvalue weighted by Gasteiger charge is 2.17. The Labute approximate surface area is 107 Å². The van der Waals surface area contributed by atoms with E-state index in [4.69, 9.17) is 16.2 Å². The number of carbonyl (C=O) groups is 1. The van der Waals surface area contributed by atoms with Gasteiger partial charge in [-0.2, -0.15) is 15.0 Å². The molecule has 0 saturated heterocycles. The molecule has 11 nitrogen and oxygen atoms in total. The summed E-state index contributed by atoms with van der Waals surface area (Å²) in [5.41, 5.74) is 10.9. The van der Waals surface area contributed by atoms with E-state index in [0.717, 1.165) is 0 Å². The monoisotopic (exact) mass is 265 g/mol. The highest BCUT2D eigenvalue weighted by molar-refractivity contribution is 5.85. The maximum absolute atomic E-state index is 11.6. The third-order valence-electron chi connectivity index (χ3n) is 2.00.